The number of thioether (sulfide) groups is 2. The third-order valence-electron chi connectivity index (χ3n) is 7.33. The number of methoxy groups -OCH3 is 1. The first kappa shape index (κ1) is 38.0. The molecular weight excluding hydrogens is 678 g/mol. The van der Waals surface area contributed by atoms with Gasteiger partial charge in [-0.1, -0.05) is 0 Å². The van der Waals surface area contributed by atoms with Crippen molar-refractivity contribution in [2.24, 2.45) is 5.73 Å². The first-order valence-corrected chi connectivity index (χ1v) is 16.2. The van der Waals surface area contributed by atoms with Crippen LogP contribution in [0.5, 0.6) is 5.75 Å². The van der Waals surface area contributed by atoms with Crippen LogP contribution in [-0.2, 0) is 17.9 Å². The van der Waals surface area contributed by atoms with Gasteiger partial charge in [-0.3, -0.25) is 9.59 Å². The van der Waals surface area contributed by atoms with Crippen LogP contribution in [-0.4, -0.2) is 56.5 Å². The lowest BCUT2D eigenvalue weighted by atomic mass is 9.81. The molecule has 3 aromatic rings. The Kier molecular flexibility index (Phi) is 12.2. The lowest BCUT2D eigenvalue weighted by Gasteiger charge is -2.42. The largest absolute Gasteiger partial charge is 0.496 e. The molecule has 1 fully saturated rings. The number of amides is 2. The molecule has 47 heavy (non-hydrogen) atoms. The van der Waals surface area contributed by atoms with Gasteiger partial charge in [0.1, 0.15) is 17.4 Å². The van der Waals surface area contributed by atoms with Gasteiger partial charge < -0.3 is 20.7 Å². The van der Waals surface area contributed by atoms with Crippen molar-refractivity contribution < 1.29 is 49.4 Å². The lowest BCUT2D eigenvalue weighted by molar-refractivity contribution is -0.138. The van der Waals surface area contributed by atoms with Gasteiger partial charge in [0.05, 0.1) is 34.9 Å². The summed E-state index contributed by atoms with van der Waals surface area (Å²) in [6.07, 6.45) is -4.96. The van der Waals surface area contributed by atoms with Crippen molar-refractivity contribution in [2.75, 3.05) is 39.8 Å². The summed E-state index contributed by atoms with van der Waals surface area (Å²) >= 11 is 2.01. The maximum atomic E-state index is 14.8. The molecule has 0 spiro atoms. The summed E-state index contributed by atoms with van der Waals surface area (Å²) in [5, 5.41) is 2.81. The van der Waals surface area contributed by atoms with E-state index in [4.69, 9.17) is 10.5 Å². The average molecular weight is 710 g/mol. The molecular formula is C31H31F8N3O3S2. The van der Waals surface area contributed by atoms with Gasteiger partial charge in [-0.2, -0.15) is 26.3 Å². The van der Waals surface area contributed by atoms with Gasteiger partial charge in [-0.05, 0) is 87.5 Å². The average Bonchev–Trinajstić information content (AvgIpc) is 3.00. The Balaban J connectivity index is 0.000000335. The van der Waals surface area contributed by atoms with Crippen LogP contribution in [0.25, 0.3) is 0 Å². The zero-order chi connectivity index (χ0) is 35.3. The second kappa shape index (κ2) is 15.2. The van der Waals surface area contributed by atoms with E-state index in [0.717, 1.165) is 72.1 Å². The van der Waals surface area contributed by atoms with Gasteiger partial charge >= 0.3 is 12.4 Å². The smallest absolute Gasteiger partial charge is 0.416 e. The standard InChI is InChI=1S/C22H23F5N2O2S.C9H8F3NOS/c1-29-8-4-7-21(12-29,15-11-14(23)5-6-16(15)24)28-20(30)19-17(31-2)9-13(22(25,26)27)10-18(19)32-3;1-15-7-4-5(9(10,11)12)2-3-6(7)8(13)14/h5-6,9-11H,4,7-8,12H2,1-3H3,(H,28,30);2-4H,1H3,(H2,13,14). The number of hydrogen-bond acceptors (Lipinski definition) is 6. The highest BCUT2D eigenvalue weighted by molar-refractivity contribution is 7.99. The SMILES string of the molecule is COc1cc(C(F)(F)F)cc(SC)c1C(=O)NC1(c2cc(F)ccc2F)CCCN(C)C1.CSc1cc(C(F)(F)F)ccc1C(N)=O. The molecule has 256 valence electrons. The van der Waals surface area contributed by atoms with Gasteiger partial charge in [0.25, 0.3) is 5.91 Å². The number of alkyl halides is 6. The number of hydrogen-bond donors (Lipinski definition) is 2. The molecule has 2 amide bonds. The number of benzene rings is 3. The fourth-order valence-corrected chi connectivity index (χ4v) is 6.45. The van der Waals surface area contributed by atoms with Crippen LogP contribution in [0.2, 0.25) is 0 Å². The second-order valence-corrected chi connectivity index (χ2v) is 12.2. The topological polar surface area (TPSA) is 84.7 Å². The van der Waals surface area contributed by atoms with Gasteiger partial charge in [-0.25, -0.2) is 8.78 Å². The molecule has 1 aliphatic heterocycles. The highest BCUT2D eigenvalue weighted by atomic mass is 32.2. The van der Waals surface area contributed by atoms with Crippen molar-refractivity contribution in [3.05, 3.63) is 88.0 Å². The van der Waals surface area contributed by atoms with Crippen LogP contribution in [0.15, 0.2) is 58.3 Å². The minimum atomic E-state index is -4.62. The fourth-order valence-electron chi connectivity index (χ4n) is 5.17. The molecule has 0 radical (unpaired) electrons. The molecule has 0 saturated carbocycles. The number of likely N-dealkylation sites (tertiary alicyclic amines) is 1. The molecule has 4 rings (SSSR count). The normalized spacial score (nSPS) is 17.0. The van der Waals surface area contributed by atoms with Gasteiger partial charge in [0.2, 0.25) is 5.91 Å². The van der Waals surface area contributed by atoms with Crippen LogP contribution in [0.3, 0.4) is 0 Å². The summed E-state index contributed by atoms with van der Waals surface area (Å²) in [6.45, 7) is 0.908. The van der Waals surface area contributed by atoms with E-state index >= 15 is 0 Å². The first-order chi connectivity index (χ1) is 21.9. The van der Waals surface area contributed by atoms with E-state index in [1.807, 2.05) is 4.90 Å². The number of carbonyl (C=O) groups excluding carboxylic acids is 2. The molecule has 6 nitrogen and oxygen atoms in total. The van der Waals surface area contributed by atoms with E-state index in [2.05, 4.69) is 5.32 Å². The maximum absolute atomic E-state index is 14.8. The van der Waals surface area contributed by atoms with E-state index in [-0.39, 0.29) is 38.8 Å². The molecule has 1 heterocycles. The third kappa shape index (κ3) is 9.11. The Bertz CT molecular complexity index is 1590. The number of piperidine rings is 1. The third-order valence-corrected chi connectivity index (χ3v) is 8.87. The Labute approximate surface area is 274 Å². The summed E-state index contributed by atoms with van der Waals surface area (Å²) < 4.78 is 111. The minimum Gasteiger partial charge on any atom is -0.496 e. The molecule has 16 heteroatoms. The van der Waals surface area contributed by atoms with E-state index < -0.39 is 52.5 Å². The molecule has 1 unspecified atom stereocenters. The van der Waals surface area contributed by atoms with Crippen molar-refractivity contribution in [3.8, 4) is 5.75 Å². The highest BCUT2D eigenvalue weighted by Gasteiger charge is 2.41. The van der Waals surface area contributed by atoms with Crippen molar-refractivity contribution in [2.45, 2.75) is 40.5 Å². The second-order valence-electron chi connectivity index (χ2n) is 10.5. The molecule has 1 saturated heterocycles. The van der Waals surface area contributed by atoms with E-state index in [0.29, 0.717) is 19.4 Å². The summed E-state index contributed by atoms with van der Waals surface area (Å²) in [6, 6.07) is 7.54. The predicted molar refractivity (Wildman–Crippen MR) is 164 cm³/mol. The monoisotopic (exact) mass is 709 g/mol. The van der Waals surface area contributed by atoms with Crippen LogP contribution in [0, 0.1) is 11.6 Å². The fraction of sp³-hybridized carbons (Fsp3) is 0.355. The molecule has 1 atom stereocenters. The van der Waals surface area contributed by atoms with Crippen molar-refractivity contribution in [3.63, 3.8) is 0 Å². The van der Waals surface area contributed by atoms with E-state index in [1.165, 1.54) is 7.11 Å². The number of halogens is 8. The number of carbonyl (C=O) groups is 2. The molecule has 0 aromatic heterocycles. The summed E-state index contributed by atoms with van der Waals surface area (Å²) in [5.74, 6) is -3.03. The number of nitrogens with one attached hydrogen (secondary N) is 1. The molecule has 1 aliphatic rings. The van der Waals surface area contributed by atoms with Crippen LogP contribution in [0.4, 0.5) is 35.1 Å². The van der Waals surface area contributed by atoms with Crippen LogP contribution < -0.4 is 15.8 Å². The Morgan fingerprint density at radius 1 is 0.915 bits per heavy atom. The predicted octanol–water partition coefficient (Wildman–Crippen LogP) is 7.59. The van der Waals surface area contributed by atoms with Crippen molar-refractivity contribution >= 4 is 35.3 Å². The highest BCUT2D eigenvalue weighted by Crippen LogP contribution is 2.40. The zero-order valence-electron chi connectivity index (χ0n) is 25.5. The number of rotatable bonds is 7. The Morgan fingerprint density at radius 3 is 2.06 bits per heavy atom. The lowest BCUT2D eigenvalue weighted by Crippen LogP contribution is -2.56. The first-order valence-electron chi connectivity index (χ1n) is 13.7. The van der Waals surface area contributed by atoms with E-state index in [1.54, 1.807) is 19.6 Å². The van der Waals surface area contributed by atoms with Gasteiger partial charge in [-0.15, -0.1) is 23.5 Å². The Hall–Kier alpha value is -3.50. The summed E-state index contributed by atoms with van der Waals surface area (Å²) in [7, 11) is 2.97. The zero-order valence-corrected chi connectivity index (χ0v) is 27.2. The number of primary amides is 1. The Morgan fingerprint density at radius 2 is 1.53 bits per heavy atom. The number of nitrogens with two attached hydrogens (primary N) is 1. The molecule has 3 N–H and O–H groups in total. The number of nitrogens with zero attached hydrogens (tertiary/aromatic N) is 1. The maximum Gasteiger partial charge on any atom is 0.416 e. The van der Waals surface area contributed by atoms with E-state index in [9.17, 15) is 44.7 Å². The minimum absolute atomic E-state index is 0.00557. The van der Waals surface area contributed by atoms with Gasteiger partial charge in [0, 0.05) is 21.9 Å². The van der Waals surface area contributed by atoms with Gasteiger partial charge in [0.15, 0.2) is 0 Å². The summed E-state index contributed by atoms with van der Waals surface area (Å²) in [4.78, 5) is 26.4. The number of ether oxygens (including phenoxy) is 1. The summed E-state index contributed by atoms with van der Waals surface area (Å²) in [5.41, 5.74) is 2.04. The van der Waals surface area contributed by atoms with Crippen molar-refractivity contribution in [1.82, 2.24) is 10.2 Å². The quantitative estimate of drug-likeness (QED) is 0.194. The molecule has 0 aliphatic carbocycles. The van der Waals surface area contributed by atoms with Crippen LogP contribution >= 0.6 is 23.5 Å². The molecule has 0 bridgehead atoms. The molecule has 3 aromatic carbocycles. The number of likely N-dealkylation sites (N-methyl/N-ethyl adjacent to an activating group) is 1. The van der Waals surface area contributed by atoms with Crippen molar-refractivity contribution in [1.29, 1.82) is 0 Å². The van der Waals surface area contributed by atoms with Crippen LogP contribution in [0.1, 0.15) is 50.2 Å².